The summed E-state index contributed by atoms with van der Waals surface area (Å²) in [6.07, 6.45) is 5.30. The van der Waals surface area contributed by atoms with Gasteiger partial charge in [-0.3, -0.25) is 0 Å². The van der Waals surface area contributed by atoms with Crippen LogP contribution in [-0.2, 0) is 10.8 Å². The van der Waals surface area contributed by atoms with Gasteiger partial charge in [0, 0.05) is 11.1 Å². The normalized spacial score (nSPS) is 12.3. The molecule has 1 heteroatoms. The van der Waals surface area contributed by atoms with Crippen LogP contribution in [0.15, 0.2) is 18.7 Å². The van der Waals surface area contributed by atoms with Crippen molar-refractivity contribution in [2.45, 2.75) is 71.6 Å². The highest BCUT2D eigenvalue weighted by Crippen LogP contribution is 2.44. The minimum atomic E-state index is 0.125. The van der Waals surface area contributed by atoms with Gasteiger partial charge in [0.05, 0.1) is 7.11 Å². The molecule has 0 aliphatic carbocycles. The number of rotatable bonds is 6. The molecule has 0 aliphatic rings. The van der Waals surface area contributed by atoms with Crippen molar-refractivity contribution in [2.75, 3.05) is 7.11 Å². The Labute approximate surface area is 131 Å². The van der Waals surface area contributed by atoms with E-state index in [0.29, 0.717) is 0 Å². The molecule has 21 heavy (non-hydrogen) atoms. The zero-order chi connectivity index (χ0) is 16.3. The van der Waals surface area contributed by atoms with Gasteiger partial charge in [0.15, 0.2) is 0 Å². The molecule has 1 nitrogen and oxygen atoms in total. The van der Waals surface area contributed by atoms with E-state index in [4.69, 9.17) is 4.74 Å². The molecule has 1 aromatic rings. The van der Waals surface area contributed by atoms with Gasteiger partial charge in [0.1, 0.15) is 5.75 Å². The second-order valence-corrected chi connectivity index (χ2v) is 6.94. The summed E-state index contributed by atoms with van der Waals surface area (Å²) in [5, 5.41) is 0. The van der Waals surface area contributed by atoms with Crippen LogP contribution in [-0.4, -0.2) is 7.11 Å². The van der Waals surface area contributed by atoms with Crippen molar-refractivity contribution >= 4 is 6.08 Å². The highest BCUT2D eigenvalue weighted by atomic mass is 16.5. The quantitative estimate of drug-likeness (QED) is 0.614. The van der Waals surface area contributed by atoms with Crippen molar-refractivity contribution < 1.29 is 4.74 Å². The fourth-order valence-electron chi connectivity index (χ4n) is 3.18. The Morgan fingerprint density at radius 3 is 1.90 bits per heavy atom. The number of hydrogen-bond acceptors (Lipinski definition) is 1. The molecule has 0 N–H and O–H groups in total. The van der Waals surface area contributed by atoms with Gasteiger partial charge < -0.3 is 4.74 Å². The third-order valence-corrected chi connectivity index (χ3v) is 5.01. The molecule has 0 unspecified atom stereocenters. The Morgan fingerprint density at radius 1 is 1.05 bits per heavy atom. The molecule has 118 valence electrons. The zero-order valence-corrected chi connectivity index (χ0v) is 15.0. The zero-order valence-electron chi connectivity index (χ0n) is 15.0. The smallest absolute Gasteiger partial charge is 0.129 e. The Bertz CT molecular complexity index is 479. The highest BCUT2D eigenvalue weighted by molar-refractivity contribution is 5.62. The van der Waals surface area contributed by atoms with E-state index in [1.807, 2.05) is 6.08 Å². The summed E-state index contributed by atoms with van der Waals surface area (Å²) in [5.41, 5.74) is 4.12. The fourth-order valence-corrected chi connectivity index (χ4v) is 3.18. The average molecular weight is 288 g/mol. The molecular formula is C20H32O. The van der Waals surface area contributed by atoms with Gasteiger partial charge in [-0.15, -0.1) is 0 Å². The predicted octanol–water partition coefficient (Wildman–Crippen LogP) is 6.10. The van der Waals surface area contributed by atoms with Crippen LogP contribution in [0.3, 0.4) is 0 Å². The Kier molecular flexibility index (Phi) is 5.67. The first-order valence-corrected chi connectivity index (χ1v) is 8.15. The summed E-state index contributed by atoms with van der Waals surface area (Å²) in [6, 6.07) is 4.59. The van der Waals surface area contributed by atoms with E-state index in [2.05, 4.69) is 60.3 Å². The third-order valence-electron chi connectivity index (χ3n) is 5.01. The maximum atomic E-state index is 5.78. The number of ether oxygens (including phenoxy) is 1. The van der Waals surface area contributed by atoms with Crippen LogP contribution >= 0.6 is 0 Å². The summed E-state index contributed by atoms with van der Waals surface area (Å²) in [7, 11) is 1.77. The van der Waals surface area contributed by atoms with Gasteiger partial charge >= 0.3 is 0 Å². The Hall–Kier alpha value is -1.24. The van der Waals surface area contributed by atoms with Crippen molar-refractivity contribution in [3.05, 3.63) is 35.4 Å². The minimum absolute atomic E-state index is 0.125. The van der Waals surface area contributed by atoms with Crippen LogP contribution < -0.4 is 4.74 Å². The van der Waals surface area contributed by atoms with Crippen molar-refractivity contribution in [1.82, 2.24) is 0 Å². The lowest BCUT2D eigenvalue weighted by atomic mass is 9.71. The summed E-state index contributed by atoms with van der Waals surface area (Å²) in [6.45, 7) is 17.6. The molecule has 0 aliphatic heterocycles. The van der Waals surface area contributed by atoms with E-state index >= 15 is 0 Å². The second-order valence-electron chi connectivity index (χ2n) is 6.94. The maximum absolute atomic E-state index is 5.78. The average Bonchev–Trinajstić information content (AvgIpc) is 2.47. The molecule has 1 aromatic carbocycles. The molecule has 0 saturated carbocycles. The number of benzene rings is 1. The largest absolute Gasteiger partial charge is 0.496 e. The molecule has 0 fully saturated rings. The molecule has 0 heterocycles. The van der Waals surface area contributed by atoms with Crippen LogP contribution in [0.1, 0.15) is 77.5 Å². The van der Waals surface area contributed by atoms with E-state index in [-0.39, 0.29) is 10.8 Å². The van der Waals surface area contributed by atoms with Crippen molar-refractivity contribution in [1.29, 1.82) is 0 Å². The maximum Gasteiger partial charge on any atom is 0.129 e. The molecule has 0 spiro atoms. The minimum Gasteiger partial charge on any atom is -0.496 e. The van der Waals surface area contributed by atoms with E-state index in [1.54, 1.807) is 7.11 Å². The van der Waals surface area contributed by atoms with E-state index < -0.39 is 0 Å². The number of hydrogen-bond donors (Lipinski definition) is 0. The van der Waals surface area contributed by atoms with Gasteiger partial charge in [0.2, 0.25) is 0 Å². The topological polar surface area (TPSA) is 9.23 Å². The van der Waals surface area contributed by atoms with Crippen molar-refractivity contribution in [3.63, 3.8) is 0 Å². The first kappa shape index (κ1) is 17.8. The monoisotopic (exact) mass is 288 g/mol. The van der Waals surface area contributed by atoms with Gasteiger partial charge in [0.25, 0.3) is 0 Å². The SMILES string of the molecule is C=Cc1cc(C(C)(C)C)cc(C(CC)(CC)CC)c1OC. The summed E-state index contributed by atoms with van der Waals surface area (Å²) in [4.78, 5) is 0. The van der Waals surface area contributed by atoms with Crippen molar-refractivity contribution in [2.24, 2.45) is 0 Å². The van der Waals surface area contributed by atoms with Gasteiger partial charge in [-0.25, -0.2) is 0 Å². The molecule has 0 atom stereocenters. The van der Waals surface area contributed by atoms with Crippen molar-refractivity contribution in [3.8, 4) is 5.75 Å². The van der Waals surface area contributed by atoms with E-state index in [0.717, 1.165) is 30.6 Å². The second kappa shape index (κ2) is 6.68. The standard InChI is InChI=1S/C20H32O/c1-9-15-13-16(19(5,6)7)14-17(18(15)21-8)20(10-2,11-3)12-4/h9,13-14H,1,10-12H2,2-8H3. The Balaban J connectivity index is 3.72. The third kappa shape index (κ3) is 3.33. The molecule has 1 rings (SSSR count). The van der Waals surface area contributed by atoms with Crippen LogP contribution in [0.25, 0.3) is 6.08 Å². The lowest BCUT2D eigenvalue weighted by Gasteiger charge is -2.35. The summed E-state index contributed by atoms with van der Waals surface area (Å²) >= 11 is 0. The summed E-state index contributed by atoms with van der Waals surface area (Å²) in [5.74, 6) is 1.00. The Morgan fingerprint density at radius 2 is 1.57 bits per heavy atom. The molecule has 0 amide bonds. The van der Waals surface area contributed by atoms with Crippen LogP contribution in [0, 0.1) is 0 Å². The van der Waals surface area contributed by atoms with Crippen LogP contribution in [0.4, 0.5) is 0 Å². The molecule has 0 saturated heterocycles. The molecule has 0 aromatic heterocycles. The van der Waals surface area contributed by atoms with Crippen LogP contribution in [0.5, 0.6) is 5.75 Å². The van der Waals surface area contributed by atoms with E-state index in [9.17, 15) is 0 Å². The molecule has 0 bridgehead atoms. The van der Waals surface area contributed by atoms with E-state index in [1.165, 1.54) is 11.1 Å². The van der Waals surface area contributed by atoms with Gasteiger partial charge in [-0.05, 0) is 41.7 Å². The lowest BCUT2D eigenvalue weighted by Crippen LogP contribution is -2.25. The lowest BCUT2D eigenvalue weighted by molar-refractivity contribution is 0.344. The molecular weight excluding hydrogens is 256 g/mol. The highest BCUT2D eigenvalue weighted by Gasteiger charge is 2.32. The first-order chi connectivity index (χ1) is 9.79. The van der Waals surface area contributed by atoms with Gasteiger partial charge in [-0.1, -0.05) is 60.3 Å². The fraction of sp³-hybridized carbons (Fsp3) is 0.600. The summed E-state index contributed by atoms with van der Waals surface area (Å²) < 4.78 is 5.78. The number of methoxy groups -OCH3 is 1. The first-order valence-electron chi connectivity index (χ1n) is 8.15. The molecule has 0 radical (unpaired) electrons. The predicted molar refractivity (Wildman–Crippen MR) is 94.3 cm³/mol. The van der Waals surface area contributed by atoms with Gasteiger partial charge in [-0.2, -0.15) is 0 Å². The van der Waals surface area contributed by atoms with Crippen LogP contribution in [0.2, 0.25) is 0 Å².